The van der Waals surface area contributed by atoms with Gasteiger partial charge in [0.1, 0.15) is 17.8 Å². The largest absolute Gasteiger partial charge is 0.447 e. The highest BCUT2D eigenvalue weighted by Crippen LogP contribution is 2.32. The summed E-state index contributed by atoms with van der Waals surface area (Å²) in [5, 5.41) is 0.488. The maximum atomic E-state index is 12.9. The monoisotopic (exact) mass is 371 g/mol. The van der Waals surface area contributed by atoms with Crippen LogP contribution in [0.25, 0.3) is 0 Å². The van der Waals surface area contributed by atoms with Crippen molar-refractivity contribution in [3.63, 3.8) is 0 Å². The second kappa shape index (κ2) is 6.61. The van der Waals surface area contributed by atoms with Crippen LogP contribution in [0.4, 0.5) is 4.79 Å². The van der Waals surface area contributed by atoms with Crippen molar-refractivity contribution in [3.05, 3.63) is 64.9 Å². The zero-order valence-electron chi connectivity index (χ0n) is 14.1. The maximum Gasteiger partial charge on any atom is 0.410 e. The third-order valence-corrected chi connectivity index (χ3v) is 5.17. The number of amides is 2. The molecule has 6 nitrogen and oxygen atoms in total. The van der Waals surface area contributed by atoms with Crippen LogP contribution in [0.3, 0.4) is 0 Å². The first-order valence-electron chi connectivity index (χ1n) is 8.47. The van der Waals surface area contributed by atoms with E-state index >= 15 is 0 Å². The van der Waals surface area contributed by atoms with Crippen LogP contribution in [0.5, 0.6) is 0 Å². The first-order valence-corrected chi connectivity index (χ1v) is 8.84. The van der Waals surface area contributed by atoms with E-state index in [1.165, 1.54) is 6.20 Å². The summed E-state index contributed by atoms with van der Waals surface area (Å²) in [7, 11) is 0. The normalized spacial score (nSPS) is 22.1. The van der Waals surface area contributed by atoms with Crippen molar-refractivity contribution < 1.29 is 14.3 Å². The van der Waals surface area contributed by atoms with Crippen LogP contribution in [-0.2, 0) is 11.2 Å². The molecular formula is C19H18ClN3O3. The van der Waals surface area contributed by atoms with Gasteiger partial charge in [-0.2, -0.15) is 0 Å². The number of hydrogen-bond acceptors (Lipinski definition) is 4. The van der Waals surface area contributed by atoms with Crippen molar-refractivity contribution in [1.29, 1.82) is 0 Å². The van der Waals surface area contributed by atoms with Gasteiger partial charge in [-0.3, -0.25) is 9.69 Å². The van der Waals surface area contributed by atoms with Crippen LogP contribution in [0.15, 0.2) is 48.7 Å². The van der Waals surface area contributed by atoms with E-state index in [1.807, 2.05) is 30.3 Å². The van der Waals surface area contributed by atoms with E-state index in [1.54, 1.807) is 21.9 Å². The molecule has 2 amide bonds. The van der Waals surface area contributed by atoms with Crippen LogP contribution >= 0.6 is 11.6 Å². The van der Waals surface area contributed by atoms with Gasteiger partial charge >= 0.3 is 6.09 Å². The molecule has 7 heteroatoms. The molecule has 4 rings (SSSR count). The second-order valence-corrected chi connectivity index (χ2v) is 7.12. The van der Waals surface area contributed by atoms with Gasteiger partial charge in [0.05, 0.1) is 5.02 Å². The Balaban J connectivity index is 1.59. The molecule has 2 aliphatic heterocycles. The second-order valence-electron chi connectivity index (χ2n) is 6.68. The number of nitrogens with zero attached hydrogens (tertiary/aromatic N) is 3. The van der Waals surface area contributed by atoms with Gasteiger partial charge in [-0.15, -0.1) is 0 Å². The fraction of sp³-hybridized carbons (Fsp3) is 0.316. The van der Waals surface area contributed by atoms with Gasteiger partial charge in [0.25, 0.3) is 5.91 Å². The van der Waals surface area contributed by atoms with Crippen LogP contribution in [0.2, 0.25) is 5.02 Å². The van der Waals surface area contributed by atoms with Crippen LogP contribution in [0.1, 0.15) is 16.1 Å². The van der Waals surface area contributed by atoms with Gasteiger partial charge < -0.3 is 9.64 Å². The highest BCUT2D eigenvalue weighted by Gasteiger charge is 2.51. The van der Waals surface area contributed by atoms with E-state index in [0.717, 1.165) is 5.56 Å². The Bertz CT molecular complexity index is 828. The van der Waals surface area contributed by atoms with Crippen molar-refractivity contribution in [1.82, 2.24) is 14.8 Å². The molecule has 1 unspecified atom stereocenters. The fourth-order valence-electron chi connectivity index (χ4n) is 3.68. The summed E-state index contributed by atoms with van der Waals surface area (Å²) in [4.78, 5) is 32.6. The lowest BCUT2D eigenvalue weighted by Crippen LogP contribution is -2.63. The predicted molar refractivity (Wildman–Crippen MR) is 96.1 cm³/mol. The van der Waals surface area contributed by atoms with Gasteiger partial charge in [-0.1, -0.05) is 41.9 Å². The van der Waals surface area contributed by atoms with Crippen molar-refractivity contribution in [2.75, 3.05) is 26.2 Å². The van der Waals surface area contributed by atoms with Crippen molar-refractivity contribution in [2.24, 2.45) is 0 Å². The Hall–Kier alpha value is -2.60. The molecule has 3 heterocycles. The summed E-state index contributed by atoms with van der Waals surface area (Å²) in [5.41, 5.74) is 0.913. The number of halogens is 1. The molecule has 0 bridgehead atoms. The molecular weight excluding hydrogens is 354 g/mol. The summed E-state index contributed by atoms with van der Waals surface area (Å²) in [6.45, 7) is 1.59. The van der Waals surface area contributed by atoms with Gasteiger partial charge in [-0.05, 0) is 17.7 Å². The minimum absolute atomic E-state index is 0.159. The number of ether oxygens (including phenoxy) is 1. The minimum atomic E-state index is -0.543. The molecule has 0 saturated carbocycles. The zero-order valence-corrected chi connectivity index (χ0v) is 14.9. The molecule has 2 saturated heterocycles. The SMILES string of the molecule is O=C(c1ccc(Cl)cn1)N1CCN2C(=O)OCC2(Cc2ccccc2)C1. The molecule has 1 atom stereocenters. The van der Waals surface area contributed by atoms with Crippen LogP contribution < -0.4 is 0 Å². The Morgan fingerprint density at radius 1 is 1.19 bits per heavy atom. The summed E-state index contributed by atoms with van der Waals surface area (Å²) in [5.74, 6) is -0.159. The number of rotatable bonds is 3. The summed E-state index contributed by atoms with van der Waals surface area (Å²) >= 11 is 5.86. The first-order chi connectivity index (χ1) is 12.6. The standard InChI is InChI=1S/C19H18ClN3O3/c20-15-6-7-16(21-11-15)17(24)22-8-9-23-18(25)26-13-19(23,12-22)10-14-4-2-1-3-5-14/h1-7,11H,8-10,12-13H2. The molecule has 2 fully saturated rings. The molecule has 0 radical (unpaired) electrons. The predicted octanol–water partition coefficient (Wildman–Crippen LogP) is 2.62. The van der Waals surface area contributed by atoms with E-state index in [-0.39, 0.29) is 18.6 Å². The van der Waals surface area contributed by atoms with Crippen molar-refractivity contribution in [3.8, 4) is 0 Å². The number of pyridine rings is 1. The topological polar surface area (TPSA) is 62.7 Å². The third-order valence-electron chi connectivity index (χ3n) is 4.95. The number of piperazine rings is 1. The highest BCUT2D eigenvalue weighted by molar-refractivity contribution is 6.30. The molecule has 26 heavy (non-hydrogen) atoms. The van der Waals surface area contributed by atoms with E-state index in [0.29, 0.717) is 36.8 Å². The first kappa shape index (κ1) is 16.8. The molecule has 0 aliphatic carbocycles. The number of fused-ring (bicyclic) bond motifs is 1. The van der Waals surface area contributed by atoms with Gasteiger partial charge in [0.15, 0.2) is 0 Å². The van der Waals surface area contributed by atoms with E-state index in [2.05, 4.69) is 4.98 Å². The smallest absolute Gasteiger partial charge is 0.410 e. The number of aromatic nitrogens is 1. The lowest BCUT2D eigenvalue weighted by atomic mass is 9.88. The summed E-state index contributed by atoms with van der Waals surface area (Å²) < 4.78 is 5.34. The Labute approximate surface area is 156 Å². The number of hydrogen-bond donors (Lipinski definition) is 0. The molecule has 0 spiro atoms. The van der Waals surface area contributed by atoms with Gasteiger partial charge in [0.2, 0.25) is 0 Å². The van der Waals surface area contributed by atoms with E-state index in [9.17, 15) is 9.59 Å². The highest BCUT2D eigenvalue weighted by atomic mass is 35.5. The van der Waals surface area contributed by atoms with Crippen LogP contribution in [0, 0.1) is 0 Å². The number of cyclic esters (lactones) is 1. The number of carbonyl (C=O) groups excluding carboxylic acids is 2. The van der Waals surface area contributed by atoms with Crippen molar-refractivity contribution in [2.45, 2.75) is 12.0 Å². The Kier molecular flexibility index (Phi) is 4.28. The molecule has 1 aromatic heterocycles. The Morgan fingerprint density at radius 3 is 2.73 bits per heavy atom. The third kappa shape index (κ3) is 3.01. The lowest BCUT2D eigenvalue weighted by Gasteiger charge is -2.44. The molecule has 1 aromatic carbocycles. The van der Waals surface area contributed by atoms with Crippen LogP contribution in [-0.4, -0.2) is 58.6 Å². The van der Waals surface area contributed by atoms with Gasteiger partial charge in [0, 0.05) is 32.3 Å². The minimum Gasteiger partial charge on any atom is -0.447 e. The van der Waals surface area contributed by atoms with Crippen molar-refractivity contribution >= 4 is 23.6 Å². The molecule has 2 aromatic rings. The summed E-state index contributed by atoms with van der Waals surface area (Å²) in [6.07, 6.45) is 1.79. The van der Waals surface area contributed by atoms with Gasteiger partial charge in [-0.25, -0.2) is 9.78 Å². The average Bonchev–Trinajstić information content (AvgIpc) is 2.98. The number of benzene rings is 1. The van der Waals surface area contributed by atoms with E-state index in [4.69, 9.17) is 16.3 Å². The molecule has 134 valence electrons. The number of carbonyl (C=O) groups is 2. The quantitative estimate of drug-likeness (QED) is 0.832. The average molecular weight is 372 g/mol. The zero-order chi connectivity index (χ0) is 18.1. The Morgan fingerprint density at radius 2 is 2.00 bits per heavy atom. The lowest BCUT2D eigenvalue weighted by molar-refractivity contribution is 0.0371. The fourth-order valence-corrected chi connectivity index (χ4v) is 3.79. The maximum absolute atomic E-state index is 12.9. The van der Waals surface area contributed by atoms with E-state index < -0.39 is 5.54 Å². The summed E-state index contributed by atoms with van der Waals surface area (Å²) in [6, 6.07) is 13.2. The molecule has 2 aliphatic rings. The molecule has 0 N–H and O–H groups in total.